The molecular formula is C15H25N3O3S. The third kappa shape index (κ3) is 6.03. The van der Waals surface area contributed by atoms with E-state index in [2.05, 4.69) is 15.4 Å². The van der Waals surface area contributed by atoms with Crippen LogP contribution in [0.3, 0.4) is 0 Å². The van der Waals surface area contributed by atoms with Gasteiger partial charge in [-0.1, -0.05) is 25.5 Å². The summed E-state index contributed by atoms with van der Waals surface area (Å²) >= 11 is 0. The molecule has 7 heteroatoms. The Hall–Kier alpha value is -1.60. The summed E-state index contributed by atoms with van der Waals surface area (Å²) in [5.74, 6) is 0. The van der Waals surface area contributed by atoms with E-state index >= 15 is 0 Å². The maximum atomic E-state index is 12.2. The van der Waals surface area contributed by atoms with Crippen molar-refractivity contribution in [3.63, 3.8) is 0 Å². The largest absolute Gasteiger partial charge is 0.338 e. The first-order chi connectivity index (χ1) is 10.4. The van der Waals surface area contributed by atoms with Crippen LogP contribution < -0.4 is 15.4 Å². The fourth-order valence-corrected chi connectivity index (χ4v) is 3.24. The first kappa shape index (κ1) is 18.4. The molecule has 0 radical (unpaired) electrons. The van der Waals surface area contributed by atoms with Crippen LogP contribution in [0.25, 0.3) is 0 Å². The lowest BCUT2D eigenvalue weighted by Crippen LogP contribution is -2.40. The standard InChI is InChI=1S/C15H25N3O3S/c1-4-5-8-16-15(19)17-9-10-18-22(20,21)14-11-12(2)6-7-13(14)3/h6-7,11,18H,4-5,8-10H2,1-3H3,(H2,16,17,19). The summed E-state index contributed by atoms with van der Waals surface area (Å²) in [6.45, 7) is 6.66. The molecule has 0 aliphatic heterocycles. The maximum Gasteiger partial charge on any atom is 0.314 e. The summed E-state index contributed by atoms with van der Waals surface area (Å²) < 4.78 is 26.9. The number of rotatable bonds is 8. The van der Waals surface area contributed by atoms with Crippen LogP contribution in [0.1, 0.15) is 30.9 Å². The molecule has 0 fully saturated rings. The Kier molecular flexibility index (Phi) is 7.34. The lowest BCUT2D eigenvalue weighted by Gasteiger charge is -2.11. The highest BCUT2D eigenvalue weighted by atomic mass is 32.2. The van der Waals surface area contributed by atoms with Crippen molar-refractivity contribution in [3.8, 4) is 0 Å². The molecule has 0 unspecified atom stereocenters. The lowest BCUT2D eigenvalue weighted by molar-refractivity contribution is 0.241. The number of benzene rings is 1. The number of nitrogens with one attached hydrogen (secondary N) is 3. The minimum absolute atomic E-state index is 0.150. The third-order valence-corrected chi connectivity index (χ3v) is 4.75. The van der Waals surface area contributed by atoms with Crippen molar-refractivity contribution in [1.29, 1.82) is 0 Å². The SMILES string of the molecule is CCCCNC(=O)NCCNS(=O)(=O)c1cc(C)ccc1C. The van der Waals surface area contributed by atoms with E-state index < -0.39 is 10.0 Å². The Labute approximate surface area is 132 Å². The Morgan fingerprint density at radius 2 is 1.77 bits per heavy atom. The molecule has 0 bridgehead atoms. The molecule has 0 spiro atoms. The van der Waals surface area contributed by atoms with E-state index in [1.54, 1.807) is 19.1 Å². The molecule has 1 aromatic carbocycles. The lowest BCUT2D eigenvalue weighted by atomic mass is 10.2. The van der Waals surface area contributed by atoms with Gasteiger partial charge < -0.3 is 10.6 Å². The number of amides is 2. The number of urea groups is 1. The van der Waals surface area contributed by atoms with Crippen molar-refractivity contribution in [2.24, 2.45) is 0 Å². The van der Waals surface area contributed by atoms with Crippen LogP contribution in [0.5, 0.6) is 0 Å². The van der Waals surface area contributed by atoms with E-state index in [4.69, 9.17) is 0 Å². The molecule has 0 heterocycles. The molecule has 22 heavy (non-hydrogen) atoms. The number of hydrogen-bond acceptors (Lipinski definition) is 3. The number of carbonyl (C=O) groups is 1. The second kappa shape index (κ2) is 8.75. The molecule has 0 aromatic heterocycles. The van der Waals surface area contributed by atoms with Gasteiger partial charge in [-0.3, -0.25) is 0 Å². The normalized spacial score (nSPS) is 11.2. The number of sulfonamides is 1. The van der Waals surface area contributed by atoms with Crippen molar-refractivity contribution < 1.29 is 13.2 Å². The predicted molar refractivity (Wildman–Crippen MR) is 87.4 cm³/mol. The molecule has 0 atom stereocenters. The van der Waals surface area contributed by atoms with E-state index in [0.29, 0.717) is 12.1 Å². The van der Waals surface area contributed by atoms with Crippen LogP contribution >= 0.6 is 0 Å². The van der Waals surface area contributed by atoms with Gasteiger partial charge in [-0.2, -0.15) is 0 Å². The summed E-state index contributed by atoms with van der Waals surface area (Å²) in [5.41, 5.74) is 1.59. The number of unbranched alkanes of at least 4 members (excludes halogenated alkanes) is 1. The maximum absolute atomic E-state index is 12.2. The van der Waals surface area contributed by atoms with Crippen molar-refractivity contribution in [2.75, 3.05) is 19.6 Å². The topological polar surface area (TPSA) is 87.3 Å². The summed E-state index contributed by atoms with van der Waals surface area (Å²) in [5, 5.41) is 5.32. The van der Waals surface area contributed by atoms with Crippen LogP contribution in [0.2, 0.25) is 0 Å². The smallest absolute Gasteiger partial charge is 0.314 e. The molecule has 3 N–H and O–H groups in total. The first-order valence-electron chi connectivity index (χ1n) is 7.45. The summed E-state index contributed by atoms with van der Waals surface area (Å²) in [4.78, 5) is 11.7. The zero-order valence-electron chi connectivity index (χ0n) is 13.4. The number of carbonyl (C=O) groups excluding carboxylic acids is 1. The van der Waals surface area contributed by atoms with Gasteiger partial charge in [0.2, 0.25) is 10.0 Å². The van der Waals surface area contributed by atoms with Gasteiger partial charge >= 0.3 is 6.03 Å². The van der Waals surface area contributed by atoms with Gasteiger partial charge in [0.1, 0.15) is 0 Å². The van der Waals surface area contributed by atoms with Gasteiger partial charge in [0, 0.05) is 19.6 Å². The average molecular weight is 327 g/mol. The van der Waals surface area contributed by atoms with Crippen LogP contribution in [0.4, 0.5) is 4.79 Å². The van der Waals surface area contributed by atoms with Crippen molar-refractivity contribution in [1.82, 2.24) is 15.4 Å². The number of hydrogen-bond donors (Lipinski definition) is 3. The highest BCUT2D eigenvalue weighted by Crippen LogP contribution is 2.16. The summed E-state index contributed by atoms with van der Waals surface area (Å²) in [6.07, 6.45) is 1.93. The van der Waals surface area contributed by atoms with E-state index in [1.165, 1.54) is 0 Å². The molecule has 124 valence electrons. The average Bonchev–Trinajstić information content (AvgIpc) is 2.46. The zero-order chi connectivity index (χ0) is 16.6. The third-order valence-electron chi connectivity index (χ3n) is 3.15. The van der Waals surface area contributed by atoms with Crippen LogP contribution in [0.15, 0.2) is 23.1 Å². The molecule has 6 nitrogen and oxygen atoms in total. The highest BCUT2D eigenvalue weighted by Gasteiger charge is 2.16. The van der Waals surface area contributed by atoms with Gasteiger partial charge in [0.25, 0.3) is 0 Å². The van der Waals surface area contributed by atoms with Crippen molar-refractivity contribution in [2.45, 2.75) is 38.5 Å². The molecule has 2 amide bonds. The molecule has 1 aromatic rings. The van der Waals surface area contributed by atoms with E-state index in [0.717, 1.165) is 18.4 Å². The van der Waals surface area contributed by atoms with Crippen LogP contribution in [-0.4, -0.2) is 34.1 Å². The number of aryl methyl sites for hydroxylation is 2. The van der Waals surface area contributed by atoms with Crippen LogP contribution in [-0.2, 0) is 10.0 Å². The molecule has 1 rings (SSSR count). The van der Waals surface area contributed by atoms with Gasteiger partial charge in [0.05, 0.1) is 4.90 Å². The fraction of sp³-hybridized carbons (Fsp3) is 0.533. The predicted octanol–water partition coefficient (Wildman–Crippen LogP) is 1.68. The highest BCUT2D eigenvalue weighted by molar-refractivity contribution is 7.89. The van der Waals surface area contributed by atoms with Crippen molar-refractivity contribution >= 4 is 16.1 Å². The minimum atomic E-state index is -3.55. The fourth-order valence-electron chi connectivity index (χ4n) is 1.88. The second-order valence-corrected chi connectivity index (χ2v) is 6.94. The first-order valence-corrected chi connectivity index (χ1v) is 8.93. The Bertz CT molecular complexity index is 600. The van der Waals surface area contributed by atoms with E-state index in [1.807, 2.05) is 19.9 Å². The Balaban J connectivity index is 2.43. The molecular weight excluding hydrogens is 302 g/mol. The second-order valence-electron chi connectivity index (χ2n) is 5.20. The Morgan fingerprint density at radius 3 is 2.45 bits per heavy atom. The quantitative estimate of drug-likeness (QED) is 0.635. The van der Waals surface area contributed by atoms with Gasteiger partial charge in [0.15, 0.2) is 0 Å². The molecule has 0 aliphatic carbocycles. The van der Waals surface area contributed by atoms with Crippen molar-refractivity contribution in [3.05, 3.63) is 29.3 Å². The van der Waals surface area contributed by atoms with Crippen LogP contribution in [0, 0.1) is 13.8 Å². The van der Waals surface area contributed by atoms with Gasteiger partial charge in [-0.05, 0) is 37.5 Å². The molecule has 0 saturated carbocycles. The minimum Gasteiger partial charge on any atom is -0.338 e. The Morgan fingerprint density at radius 1 is 1.09 bits per heavy atom. The summed E-state index contributed by atoms with van der Waals surface area (Å²) in [7, 11) is -3.55. The zero-order valence-corrected chi connectivity index (χ0v) is 14.2. The molecule has 0 aliphatic rings. The van der Waals surface area contributed by atoms with E-state index in [9.17, 15) is 13.2 Å². The summed E-state index contributed by atoms with van der Waals surface area (Å²) in [6, 6.07) is 5.02. The van der Waals surface area contributed by atoms with E-state index in [-0.39, 0.29) is 24.0 Å². The van der Waals surface area contributed by atoms with Gasteiger partial charge in [-0.15, -0.1) is 0 Å². The monoisotopic (exact) mass is 327 g/mol. The molecule has 0 saturated heterocycles. The van der Waals surface area contributed by atoms with Gasteiger partial charge in [-0.25, -0.2) is 17.9 Å².